The molecule has 0 atom stereocenters. The number of benzene rings is 1. The molecule has 108 valence electrons. The number of sulfonamides is 1. The van der Waals surface area contributed by atoms with E-state index in [1.807, 2.05) is 0 Å². The summed E-state index contributed by atoms with van der Waals surface area (Å²) >= 11 is 10.7. The van der Waals surface area contributed by atoms with Crippen LogP contribution in [-0.2, 0) is 10.0 Å². The lowest BCUT2D eigenvalue weighted by Crippen LogP contribution is -2.14. The topological polar surface area (TPSA) is 72.0 Å². The monoisotopic (exact) mass is 403 g/mol. The summed E-state index contributed by atoms with van der Waals surface area (Å²) in [6, 6.07) is 4.90. The summed E-state index contributed by atoms with van der Waals surface area (Å²) < 4.78 is 28.7. The third-order valence-electron chi connectivity index (χ3n) is 2.68. The van der Waals surface area contributed by atoms with Crippen LogP contribution in [0.15, 0.2) is 45.5 Å². The first-order valence-corrected chi connectivity index (χ1v) is 9.16. The van der Waals surface area contributed by atoms with Gasteiger partial charge in [0.05, 0.1) is 20.9 Å². The van der Waals surface area contributed by atoms with Crippen molar-refractivity contribution < 1.29 is 8.42 Å². The fraction of sp³-hybridized carbons (Fsp3) is 0. The van der Waals surface area contributed by atoms with Crippen molar-refractivity contribution in [3.8, 4) is 0 Å². The van der Waals surface area contributed by atoms with Gasteiger partial charge in [0.25, 0.3) is 10.0 Å². The number of aromatic nitrogens is 2. The Balaban J connectivity index is 2.09. The molecule has 1 N–H and O–H groups in total. The fourth-order valence-electron chi connectivity index (χ4n) is 1.74. The van der Waals surface area contributed by atoms with Crippen molar-refractivity contribution >= 4 is 64.8 Å². The van der Waals surface area contributed by atoms with Crippen molar-refractivity contribution in [1.29, 1.82) is 0 Å². The molecule has 3 aromatic rings. The second kappa shape index (κ2) is 5.53. The van der Waals surface area contributed by atoms with Crippen molar-refractivity contribution in [2.24, 2.45) is 0 Å². The Labute approximate surface area is 138 Å². The zero-order chi connectivity index (χ0) is 15.0. The number of anilines is 1. The summed E-state index contributed by atoms with van der Waals surface area (Å²) in [5, 5.41) is 0.292. The van der Waals surface area contributed by atoms with Crippen molar-refractivity contribution in [2.45, 2.75) is 4.90 Å². The molecule has 0 fully saturated rings. The van der Waals surface area contributed by atoms with E-state index < -0.39 is 10.0 Å². The summed E-state index contributed by atoms with van der Waals surface area (Å²) in [7, 11) is -3.79. The highest BCUT2D eigenvalue weighted by atomic mass is 79.9. The van der Waals surface area contributed by atoms with Crippen LogP contribution < -0.4 is 4.72 Å². The number of hydrogen-bond acceptors (Lipinski definition) is 5. The molecule has 0 aliphatic heterocycles. The molecule has 0 radical (unpaired) electrons. The maximum atomic E-state index is 12.4. The molecule has 21 heavy (non-hydrogen) atoms. The summed E-state index contributed by atoms with van der Waals surface area (Å²) in [4.78, 5) is 8.05. The third-order valence-corrected chi connectivity index (χ3v) is 5.54. The molecule has 0 aliphatic carbocycles. The smallest absolute Gasteiger partial charge is 0.263 e. The van der Waals surface area contributed by atoms with Gasteiger partial charge in [-0.25, -0.2) is 13.4 Å². The number of fused-ring (bicyclic) bond motifs is 1. The van der Waals surface area contributed by atoms with E-state index in [-0.39, 0.29) is 10.6 Å². The lowest BCUT2D eigenvalue weighted by atomic mass is 10.3. The van der Waals surface area contributed by atoms with Crippen LogP contribution in [-0.4, -0.2) is 18.4 Å². The van der Waals surface area contributed by atoms with Gasteiger partial charge in [-0.2, -0.15) is 0 Å². The number of rotatable bonds is 3. The first-order valence-electron chi connectivity index (χ1n) is 5.62. The van der Waals surface area contributed by atoms with Crippen LogP contribution in [0, 0.1) is 0 Å². The van der Waals surface area contributed by atoms with Crippen LogP contribution >= 0.6 is 38.9 Å². The van der Waals surface area contributed by atoms with Crippen LogP contribution in [0.3, 0.4) is 0 Å². The minimum absolute atomic E-state index is 0.0418. The van der Waals surface area contributed by atoms with E-state index in [1.54, 1.807) is 17.6 Å². The van der Waals surface area contributed by atoms with Crippen molar-refractivity contribution in [3.05, 3.63) is 45.6 Å². The number of nitrogens with one attached hydrogen (secondary N) is 1. The lowest BCUT2D eigenvalue weighted by molar-refractivity contribution is 0.601. The molecular formula is C12H7BrClN3O2S2. The molecule has 0 aliphatic rings. The van der Waals surface area contributed by atoms with Gasteiger partial charge in [0.1, 0.15) is 10.4 Å². The molecule has 0 bridgehead atoms. The van der Waals surface area contributed by atoms with Crippen LogP contribution in [0.2, 0.25) is 5.02 Å². The van der Waals surface area contributed by atoms with Gasteiger partial charge in [-0.05, 0) is 34.1 Å². The quantitative estimate of drug-likeness (QED) is 0.718. The minimum Gasteiger partial charge on any atom is -0.276 e. The Morgan fingerprint density at radius 2 is 2.10 bits per heavy atom. The molecule has 0 saturated carbocycles. The highest BCUT2D eigenvalue weighted by molar-refractivity contribution is 9.10. The minimum atomic E-state index is -3.79. The van der Waals surface area contributed by atoms with Crippen LogP contribution in [0.4, 0.5) is 5.69 Å². The molecule has 2 heterocycles. The molecule has 0 unspecified atom stereocenters. The summed E-state index contributed by atoms with van der Waals surface area (Å²) in [6.07, 6.45) is 2.77. The van der Waals surface area contributed by atoms with E-state index in [0.29, 0.717) is 15.0 Å². The van der Waals surface area contributed by atoms with Gasteiger partial charge in [0.2, 0.25) is 0 Å². The van der Waals surface area contributed by atoms with Crippen molar-refractivity contribution in [3.63, 3.8) is 0 Å². The lowest BCUT2D eigenvalue weighted by Gasteiger charge is -2.10. The standard InChI is InChI=1S/C12H7BrClN3O2S2/c13-7-3-8(5-15-4-7)21(18,19)17-11-9(14)1-2-10-12(11)16-6-20-10/h1-6,17H. The zero-order valence-corrected chi connectivity index (χ0v) is 14.2. The van der Waals surface area contributed by atoms with Gasteiger partial charge in [-0.3, -0.25) is 9.71 Å². The Morgan fingerprint density at radius 3 is 2.86 bits per heavy atom. The molecular weight excluding hydrogens is 398 g/mol. The van der Waals surface area contributed by atoms with Crippen LogP contribution in [0.1, 0.15) is 0 Å². The molecule has 1 aromatic carbocycles. The van der Waals surface area contributed by atoms with E-state index in [4.69, 9.17) is 11.6 Å². The van der Waals surface area contributed by atoms with E-state index in [0.717, 1.165) is 4.70 Å². The first kappa shape index (κ1) is 14.7. The molecule has 5 nitrogen and oxygen atoms in total. The van der Waals surface area contributed by atoms with E-state index >= 15 is 0 Å². The number of hydrogen-bond donors (Lipinski definition) is 1. The normalized spacial score (nSPS) is 11.7. The van der Waals surface area contributed by atoms with Crippen LogP contribution in [0.5, 0.6) is 0 Å². The second-order valence-electron chi connectivity index (χ2n) is 4.07. The Morgan fingerprint density at radius 1 is 1.29 bits per heavy atom. The summed E-state index contributed by atoms with van der Waals surface area (Å²) in [5.74, 6) is 0. The van der Waals surface area contributed by atoms with Gasteiger partial charge in [-0.1, -0.05) is 11.6 Å². The highest BCUT2D eigenvalue weighted by Crippen LogP contribution is 2.33. The summed E-state index contributed by atoms with van der Waals surface area (Å²) in [6.45, 7) is 0. The predicted octanol–water partition coefficient (Wildman–Crippen LogP) is 3.91. The van der Waals surface area contributed by atoms with Gasteiger partial charge >= 0.3 is 0 Å². The average molecular weight is 405 g/mol. The molecule has 0 amide bonds. The maximum absolute atomic E-state index is 12.4. The van der Waals surface area contributed by atoms with Crippen molar-refractivity contribution in [1.82, 2.24) is 9.97 Å². The first-order chi connectivity index (χ1) is 9.97. The Hall–Kier alpha value is -1.22. The Bertz CT molecular complexity index is 927. The zero-order valence-electron chi connectivity index (χ0n) is 10.2. The molecule has 9 heteroatoms. The molecule has 3 rings (SSSR count). The largest absolute Gasteiger partial charge is 0.276 e. The van der Waals surface area contributed by atoms with Gasteiger partial charge in [-0.15, -0.1) is 11.3 Å². The number of pyridine rings is 1. The van der Waals surface area contributed by atoms with Gasteiger partial charge in [0, 0.05) is 16.9 Å². The highest BCUT2D eigenvalue weighted by Gasteiger charge is 2.19. The third kappa shape index (κ3) is 2.89. The van der Waals surface area contributed by atoms with Gasteiger partial charge < -0.3 is 0 Å². The maximum Gasteiger partial charge on any atom is 0.263 e. The van der Waals surface area contributed by atoms with E-state index in [1.165, 1.54) is 29.8 Å². The number of halogens is 2. The van der Waals surface area contributed by atoms with Crippen molar-refractivity contribution in [2.75, 3.05) is 4.72 Å². The Kier molecular flexibility index (Phi) is 3.87. The molecule has 2 aromatic heterocycles. The number of nitrogens with zero attached hydrogens (tertiary/aromatic N) is 2. The second-order valence-corrected chi connectivity index (χ2v) is 7.96. The predicted molar refractivity (Wildman–Crippen MR) is 87.4 cm³/mol. The number of thiazole rings is 1. The SMILES string of the molecule is O=S(=O)(Nc1c(Cl)ccc2scnc12)c1cncc(Br)c1. The van der Waals surface area contributed by atoms with Gasteiger partial charge in [0.15, 0.2) is 0 Å². The molecule has 0 saturated heterocycles. The summed E-state index contributed by atoms with van der Waals surface area (Å²) in [5.41, 5.74) is 2.44. The average Bonchev–Trinajstić information content (AvgIpc) is 2.91. The fourth-order valence-corrected chi connectivity index (χ4v) is 4.27. The van der Waals surface area contributed by atoms with Crippen LogP contribution in [0.25, 0.3) is 10.2 Å². The van der Waals surface area contributed by atoms with E-state index in [2.05, 4.69) is 30.6 Å². The van der Waals surface area contributed by atoms with E-state index in [9.17, 15) is 8.42 Å². The molecule has 0 spiro atoms.